The highest BCUT2D eigenvalue weighted by Crippen LogP contribution is 2.44. The number of anilines is 1. The van der Waals surface area contributed by atoms with E-state index in [1.165, 1.54) is 12.3 Å². The van der Waals surface area contributed by atoms with Crippen LogP contribution in [-0.4, -0.2) is 47.7 Å². The number of carbonyl (C=O) groups is 3. The summed E-state index contributed by atoms with van der Waals surface area (Å²) in [4.78, 5) is 38.6. The number of carbonyl (C=O) groups excluding carboxylic acids is 2. The fraction of sp³-hybridized carbons (Fsp3) is 0.296. The quantitative estimate of drug-likeness (QED) is 0.549. The van der Waals surface area contributed by atoms with Crippen LogP contribution in [0.4, 0.5) is 10.5 Å². The number of rotatable bonds is 5. The molecule has 8 heteroatoms. The lowest BCUT2D eigenvalue weighted by Gasteiger charge is -2.34. The molecule has 35 heavy (non-hydrogen) atoms. The summed E-state index contributed by atoms with van der Waals surface area (Å²) in [5.74, 6) is -1.97. The summed E-state index contributed by atoms with van der Waals surface area (Å²) in [6, 6.07) is 17.7. The fourth-order valence-corrected chi connectivity index (χ4v) is 5.16. The maximum Gasteiger partial charge on any atom is 0.411 e. The minimum Gasteiger partial charge on any atom is -0.481 e. The van der Waals surface area contributed by atoms with Crippen molar-refractivity contribution in [3.63, 3.8) is 0 Å². The van der Waals surface area contributed by atoms with Crippen LogP contribution in [0, 0.1) is 11.8 Å². The Balaban J connectivity index is 1.24. The zero-order valence-corrected chi connectivity index (χ0v) is 19.3. The Kier molecular flexibility index (Phi) is 6.03. The standard InChI is InChI=1S/C27H26N2O6/c1-16-14-29(12-10-17(16)26(31)32)25(30)24-23(11-13-34-24)28-27(33)35-15-22-20-8-4-2-6-18(20)19-7-3-5-9-21(19)22/h2-9,11,13,16-17,22H,10,12,14-15H2,1H3,(H,28,33)(H,31,32). The molecule has 3 aromatic rings. The molecule has 0 bridgehead atoms. The second-order valence-electron chi connectivity index (χ2n) is 9.08. The number of nitrogens with zero attached hydrogens (tertiary/aromatic N) is 1. The van der Waals surface area contributed by atoms with Crippen molar-refractivity contribution in [2.75, 3.05) is 25.0 Å². The van der Waals surface area contributed by atoms with Gasteiger partial charge < -0.3 is 19.2 Å². The van der Waals surface area contributed by atoms with Crippen LogP contribution < -0.4 is 5.32 Å². The molecular weight excluding hydrogens is 448 g/mol. The van der Waals surface area contributed by atoms with E-state index in [0.717, 1.165) is 22.3 Å². The average Bonchev–Trinajstić information content (AvgIpc) is 3.44. The number of amides is 2. The van der Waals surface area contributed by atoms with E-state index >= 15 is 0 Å². The molecule has 2 aliphatic rings. The van der Waals surface area contributed by atoms with Crippen molar-refractivity contribution in [3.05, 3.63) is 77.7 Å². The molecule has 2 heterocycles. The predicted octanol–water partition coefficient (Wildman–Crippen LogP) is 4.82. The van der Waals surface area contributed by atoms with Gasteiger partial charge in [0, 0.05) is 25.1 Å². The number of carboxylic acid groups (broad SMARTS) is 1. The molecule has 2 unspecified atom stereocenters. The van der Waals surface area contributed by atoms with Crippen molar-refractivity contribution in [3.8, 4) is 11.1 Å². The molecule has 2 aromatic carbocycles. The summed E-state index contributed by atoms with van der Waals surface area (Å²) >= 11 is 0. The van der Waals surface area contributed by atoms with Crippen LogP contribution >= 0.6 is 0 Å². The Bertz CT molecular complexity index is 1240. The molecule has 0 radical (unpaired) electrons. The first-order valence-corrected chi connectivity index (χ1v) is 11.7. The molecule has 0 spiro atoms. The van der Waals surface area contributed by atoms with E-state index in [0.29, 0.717) is 19.5 Å². The number of fused-ring (bicyclic) bond motifs is 3. The normalized spacial score (nSPS) is 19.1. The van der Waals surface area contributed by atoms with Gasteiger partial charge in [0.25, 0.3) is 5.91 Å². The molecular formula is C27H26N2O6. The average molecular weight is 475 g/mol. The number of ether oxygens (including phenoxy) is 1. The number of piperidine rings is 1. The van der Waals surface area contributed by atoms with Gasteiger partial charge in [0.2, 0.25) is 5.76 Å². The van der Waals surface area contributed by atoms with Gasteiger partial charge in [0.1, 0.15) is 6.61 Å². The van der Waals surface area contributed by atoms with Gasteiger partial charge in [-0.2, -0.15) is 0 Å². The third-order valence-corrected chi connectivity index (χ3v) is 6.95. The van der Waals surface area contributed by atoms with Crippen molar-refractivity contribution in [1.29, 1.82) is 0 Å². The number of likely N-dealkylation sites (tertiary alicyclic amines) is 1. The number of hydrogen-bond acceptors (Lipinski definition) is 5. The van der Waals surface area contributed by atoms with E-state index < -0.39 is 18.0 Å². The summed E-state index contributed by atoms with van der Waals surface area (Å²) in [5.41, 5.74) is 4.72. The van der Waals surface area contributed by atoms with E-state index in [2.05, 4.69) is 17.4 Å². The molecule has 1 aliphatic carbocycles. The van der Waals surface area contributed by atoms with Crippen LogP contribution in [-0.2, 0) is 9.53 Å². The smallest absolute Gasteiger partial charge is 0.411 e. The zero-order chi connectivity index (χ0) is 24.5. The molecule has 8 nitrogen and oxygen atoms in total. The van der Waals surface area contributed by atoms with E-state index in [-0.39, 0.29) is 35.8 Å². The van der Waals surface area contributed by atoms with Crippen LogP contribution in [0.2, 0.25) is 0 Å². The van der Waals surface area contributed by atoms with Gasteiger partial charge >= 0.3 is 12.1 Å². The van der Waals surface area contributed by atoms with Gasteiger partial charge in [-0.3, -0.25) is 14.9 Å². The fourth-order valence-electron chi connectivity index (χ4n) is 5.16. The van der Waals surface area contributed by atoms with Gasteiger partial charge in [0.05, 0.1) is 17.9 Å². The van der Waals surface area contributed by atoms with Gasteiger partial charge in [-0.15, -0.1) is 0 Å². The number of aliphatic carboxylic acids is 1. The monoisotopic (exact) mass is 474 g/mol. The molecule has 2 N–H and O–H groups in total. The van der Waals surface area contributed by atoms with Gasteiger partial charge in [-0.05, 0) is 34.6 Å². The maximum absolute atomic E-state index is 13.0. The summed E-state index contributed by atoms with van der Waals surface area (Å²) in [6.07, 6.45) is 1.03. The molecule has 180 valence electrons. The number of benzene rings is 2. The lowest BCUT2D eigenvalue weighted by atomic mass is 9.87. The molecule has 1 aliphatic heterocycles. The Hall–Kier alpha value is -4.07. The maximum atomic E-state index is 13.0. The van der Waals surface area contributed by atoms with Crippen LogP contribution in [0.15, 0.2) is 65.3 Å². The highest BCUT2D eigenvalue weighted by Gasteiger charge is 2.35. The molecule has 1 fully saturated rings. The number of nitrogens with one attached hydrogen (secondary N) is 1. The van der Waals surface area contributed by atoms with Crippen LogP contribution in [0.1, 0.15) is 40.9 Å². The largest absolute Gasteiger partial charge is 0.481 e. The number of carboxylic acids is 1. The van der Waals surface area contributed by atoms with Crippen molar-refractivity contribution >= 4 is 23.7 Å². The third kappa shape index (κ3) is 4.27. The third-order valence-electron chi connectivity index (χ3n) is 6.95. The lowest BCUT2D eigenvalue weighted by Crippen LogP contribution is -2.45. The van der Waals surface area contributed by atoms with E-state index in [9.17, 15) is 19.5 Å². The molecule has 1 saturated heterocycles. The highest BCUT2D eigenvalue weighted by molar-refractivity contribution is 6.00. The minimum absolute atomic E-state index is 0.000479. The Morgan fingerprint density at radius 2 is 1.71 bits per heavy atom. The Labute approximate surface area is 202 Å². The second kappa shape index (κ2) is 9.29. The molecule has 1 aromatic heterocycles. The summed E-state index contributed by atoms with van der Waals surface area (Å²) in [6.45, 7) is 2.59. The van der Waals surface area contributed by atoms with Crippen molar-refractivity contribution in [1.82, 2.24) is 4.90 Å². The molecule has 2 amide bonds. The molecule has 5 rings (SSSR count). The summed E-state index contributed by atoms with van der Waals surface area (Å²) in [7, 11) is 0. The first kappa shape index (κ1) is 22.7. The lowest BCUT2D eigenvalue weighted by molar-refractivity contribution is -0.145. The van der Waals surface area contributed by atoms with Crippen LogP contribution in [0.25, 0.3) is 11.1 Å². The highest BCUT2D eigenvalue weighted by atomic mass is 16.5. The first-order chi connectivity index (χ1) is 16.9. The van der Waals surface area contributed by atoms with Gasteiger partial charge in [0.15, 0.2) is 0 Å². The molecule has 0 saturated carbocycles. The van der Waals surface area contributed by atoms with Crippen molar-refractivity contribution < 1.29 is 28.6 Å². The number of furan rings is 1. The van der Waals surface area contributed by atoms with Crippen LogP contribution in [0.3, 0.4) is 0 Å². The van der Waals surface area contributed by atoms with Gasteiger partial charge in [-0.25, -0.2) is 4.79 Å². The van der Waals surface area contributed by atoms with Crippen LogP contribution in [0.5, 0.6) is 0 Å². The van der Waals surface area contributed by atoms with E-state index in [1.807, 2.05) is 43.3 Å². The molecule has 2 atom stereocenters. The summed E-state index contributed by atoms with van der Waals surface area (Å²) < 4.78 is 11.0. The van der Waals surface area contributed by atoms with E-state index in [1.54, 1.807) is 4.90 Å². The Morgan fingerprint density at radius 1 is 1.06 bits per heavy atom. The predicted molar refractivity (Wildman–Crippen MR) is 128 cm³/mol. The first-order valence-electron chi connectivity index (χ1n) is 11.7. The SMILES string of the molecule is CC1CN(C(=O)c2occc2NC(=O)OCC2c3ccccc3-c3ccccc32)CCC1C(=O)O. The second-order valence-corrected chi connectivity index (χ2v) is 9.08. The van der Waals surface area contributed by atoms with Gasteiger partial charge in [-0.1, -0.05) is 55.5 Å². The topological polar surface area (TPSA) is 109 Å². The van der Waals surface area contributed by atoms with Crippen molar-refractivity contribution in [2.45, 2.75) is 19.3 Å². The zero-order valence-electron chi connectivity index (χ0n) is 19.3. The van der Waals surface area contributed by atoms with Crippen molar-refractivity contribution in [2.24, 2.45) is 11.8 Å². The Morgan fingerprint density at radius 3 is 2.34 bits per heavy atom. The minimum atomic E-state index is -0.847. The summed E-state index contributed by atoms with van der Waals surface area (Å²) in [5, 5.41) is 11.9. The number of hydrogen-bond donors (Lipinski definition) is 2. The van der Waals surface area contributed by atoms with E-state index in [4.69, 9.17) is 9.15 Å².